The molecule has 1 atom stereocenters. The van der Waals surface area contributed by atoms with Gasteiger partial charge in [0.15, 0.2) is 5.78 Å². The summed E-state index contributed by atoms with van der Waals surface area (Å²) in [6.07, 6.45) is 1.97. The number of likely N-dealkylation sites (tertiary alicyclic amines) is 1. The molecule has 2 aromatic carbocycles. The van der Waals surface area contributed by atoms with Gasteiger partial charge in [0.25, 0.3) is 5.91 Å². The third-order valence-corrected chi connectivity index (χ3v) is 5.29. The Morgan fingerprint density at radius 1 is 1.04 bits per heavy atom. The molecule has 2 aromatic rings. The second-order valence-corrected chi connectivity index (χ2v) is 7.27. The molecule has 1 saturated heterocycles. The van der Waals surface area contributed by atoms with Crippen LogP contribution in [0.15, 0.2) is 30.3 Å². The van der Waals surface area contributed by atoms with Crippen molar-refractivity contribution < 1.29 is 24.6 Å². The standard InChI is InChI=1S/C21H19NO5/c1-11-4-3-7-22(10-11)21(27)12-8-14-18(16(24)9-12)20(26)17-13(19(14)25)5-2-6-15(17)23/h2,5-6,8-9,11,23-24H,3-4,7,10H2,1H3. The molecule has 0 radical (unpaired) electrons. The van der Waals surface area contributed by atoms with E-state index < -0.39 is 17.3 Å². The van der Waals surface area contributed by atoms with Crippen molar-refractivity contribution in [2.45, 2.75) is 19.8 Å². The number of benzene rings is 2. The highest BCUT2D eigenvalue weighted by Crippen LogP contribution is 2.37. The zero-order chi connectivity index (χ0) is 19.3. The van der Waals surface area contributed by atoms with Gasteiger partial charge in [-0.25, -0.2) is 0 Å². The van der Waals surface area contributed by atoms with Crippen molar-refractivity contribution in [1.82, 2.24) is 4.90 Å². The number of aromatic hydroxyl groups is 2. The normalized spacial score (nSPS) is 18.9. The fourth-order valence-corrected chi connectivity index (χ4v) is 3.96. The third-order valence-electron chi connectivity index (χ3n) is 5.29. The quantitative estimate of drug-likeness (QED) is 0.691. The maximum atomic E-state index is 12.9. The first kappa shape index (κ1) is 17.3. The van der Waals surface area contributed by atoms with E-state index >= 15 is 0 Å². The van der Waals surface area contributed by atoms with Gasteiger partial charge >= 0.3 is 0 Å². The molecule has 2 aliphatic rings. The lowest BCUT2D eigenvalue weighted by atomic mass is 9.82. The molecule has 6 nitrogen and oxygen atoms in total. The first-order chi connectivity index (χ1) is 12.9. The molecule has 27 heavy (non-hydrogen) atoms. The van der Waals surface area contributed by atoms with Gasteiger partial charge in [-0.15, -0.1) is 0 Å². The van der Waals surface area contributed by atoms with Crippen LogP contribution in [0.1, 0.15) is 62.0 Å². The number of ketones is 2. The SMILES string of the molecule is CC1CCCN(C(=O)c2cc(O)c3c(c2)C(=O)c2cccc(O)c2C3=O)C1. The maximum Gasteiger partial charge on any atom is 0.254 e. The maximum absolute atomic E-state index is 12.9. The van der Waals surface area contributed by atoms with Crippen LogP contribution in [-0.2, 0) is 0 Å². The number of hydrogen-bond acceptors (Lipinski definition) is 5. The van der Waals surface area contributed by atoms with Crippen LogP contribution < -0.4 is 0 Å². The first-order valence-corrected chi connectivity index (χ1v) is 8.96. The number of carbonyl (C=O) groups is 3. The zero-order valence-electron chi connectivity index (χ0n) is 14.9. The van der Waals surface area contributed by atoms with Crippen LogP contribution >= 0.6 is 0 Å². The minimum absolute atomic E-state index is 0.00786. The fourth-order valence-electron chi connectivity index (χ4n) is 3.96. The minimum Gasteiger partial charge on any atom is -0.507 e. The summed E-state index contributed by atoms with van der Waals surface area (Å²) in [5, 5.41) is 20.4. The molecule has 0 bridgehead atoms. The van der Waals surface area contributed by atoms with Crippen molar-refractivity contribution in [3.05, 3.63) is 58.1 Å². The van der Waals surface area contributed by atoms with Crippen LogP contribution in [0.25, 0.3) is 0 Å². The largest absolute Gasteiger partial charge is 0.507 e. The number of amides is 1. The van der Waals surface area contributed by atoms with Crippen LogP contribution in [0.5, 0.6) is 11.5 Å². The summed E-state index contributed by atoms with van der Waals surface area (Å²) >= 11 is 0. The average molecular weight is 365 g/mol. The van der Waals surface area contributed by atoms with E-state index in [4.69, 9.17) is 0 Å². The summed E-state index contributed by atoms with van der Waals surface area (Å²) < 4.78 is 0. The molecule has 1 unspecified atom stereocenters. The van der Waals surface area contributed by atoms with Gasteiger partial charge in [0.05, 0.1) is 11.1 Å². The lowest BCUT2D eigenvalue weighted by Crippen LogP contribution is -2.39. The van der Waals surface area contributed by atoms with E-state index in [0.717, 1.165) is 12.8 Å². The van der Waals surface area contributed by atoms with Crippen molar-refractivity contribution in [2.75, 3.05) is 13.1 Å². The summed E-state index contributed by atoms with van der Waals surface area (Å²) in [4.78, 5) is 40.2. The van der Waals surface area contributed by atoms with E-state index in [1.54, 1.807) is 4.90 Å². The number of hydrogen-bond donors (Lipinski definition) is 2. The number of carbonyl (C=O) groups excluding carboxylic acids is 3. The topological polar surface area (TPSA) is 94.9 Å². The Kier molecular flexibility index (Phi) is 3.98. The number of nitrogens with zero attached hydrogens (tertiary/aromatic N) is 1. The number of phenolic OH excluding ortho intramolecular Hbond substituents is 2. The Morgan fingerprint density at radius 2 is 1.78 bits per heavy atom. The van der Waals surface area contributed by atoms with Crippen molar-refractivity contribution >= 4 is 17.5 Å². The highest BCUT2D eigenvalue weighted by atomic mass is 16.3. The molecule has 0 aromatic heterocycles. The molecular formula is C21H19NO5. The van der Waals surface area contributed by atoms with Gasteiger partial charge in [0, 0.05) is 29.8 Å². The van der Waals surface area contributed by atoms with Crippen molar-refractivity contribution in [3.63, 3.8) is 0 Å². The van der Waals surface area contributed by atoms with Crippen molar-refractivity contribution in [1.29, 1.82) is 0 Å². The predicted molar refractivity (Wildman–Crippen MR) is 97.4 cm³/mol. The first-order valence-electron chi connectivity index (χ1n) is 8.96. The molecule has 6 heteroatoms. The summed E-state index contributed by atoms with van der Waals surface area (Å²) in [7, 11) is 0. The molecule has 1 heterocycles. The third kappa shape index (κ3) is 2.68. The monoisotopic (exact) mass is 365 g/mol. The van der Waals surface area contributed by atoms with Gasteiger partial charge in [-0.2, -0.15) is 0 Å². The second-order valence-electron chi connectivity index (χ2n) is 7.27. The van der Waals surface area contributed by atoms with E-state index in [0.29, 0.717) is 19.0 Å². The van der Waals surface area contributed by atoms with Gasteiger partial charge in [-0.05, 0) is 37.0 Å². The van der Waals surface area contributed by atoms with Crippen LogP contribution in [0.3, 0.4) is 0 Å². The zero-order valence-corrected chi connectivity index (χ0v) is 14.9. The average Bonchev–Trinajstić information content (AvgIpc) is 2.64. The smallest absolute Gasteiger partial charge is 0.254 e. The highest BCUT2D eigenvalue weighted by Gasteiger charge is 2.35. The molecular weight excluding hydrogens is 346 g/mol. The van der Waals surface area contributed by atoms with Gasteiger partial charge in [0.2, 0.25) is 5.78 Å². The van der Waals surface area contributed by atoms with Gasteiger partial charge < -0.3 is 15.1 Å². The molecule has 138 valence electrons. The van der Waals surface area contributed by atoms with Crippen LogP contribution in [0.4, 0.5) is 0 Å². The molecule has 4 rings (SSSR count). The summed E-state index contributed by atoms with van der Waals surface area (Å²) in [5.74, 6) is -1.71. The van der Waals surface area contributed by atoms with Crippen LogP contribution in [-0.4, -0.2) is 45.7 Å². The number of phenols is 2. The van der Waals surface area contributed by atoms with Crippen LogP contribution in [0.2, 0.25) is 0 Å². The molecule has 1 aliphatic heterocycles. The number of piperidine rings is 1. The van der Waals surface area contributed by atoms with E-state index in [1.165, 1.54) is 30.3 Å². The Hall–Kier alpha value is -3.15. The van der Waals surface area contributed by atoms with Gasteiger partial charge in [-0.3, -0.25) is 14.4 Å². The van der Waals surface area contributed by atoms with Crippen molar-refractivity contribution in [3.8, 4) is 11.5 Å². The Labute approximate surface area is 156 Å². The summed E-state index contributed by atoms with van der Waals surface area (Å²) in [5.41, 5.74) is -0.0356. The van der Waals surface area contributed by atoms with E-state index in [9.17, 15) is 24.6 Å². The lowest BCUT2D eigenvalue weighted by molar-refractivity contribution is 0.0682. The minimum atomic E-state index is -0.624. The number of fused-ring (bicyclic) bond motifs is 2. The van der Waals surface area contributed by atoms with Gasteiger partial charge in [-0.1, -0.05) is 19.1 Å². The second kappa shape index (κ2) is 6.23. The summed E-state index contributed by atoms with van der Waals surface area (Å²) in [6.45, 7) is 3.33. The molecule has 1 amide bonds. The highest BCUT2D eigenvalue weighted by molar-refractivity contribution is 6.30. The van der Waals surface area contributed by atoms with E-state index in [1.807, 2.05) is 0 Å². The fraction of sp³-hybridized carbons (Fsp3) is 0.286. The summed E-state index contributed by atoms with van der Waals surface area (Å²) in [6, 6.07) is 6.87. The van der Waals surface area contributed by atoms with E-state index in [-0.39, 0.29) is 39.5 Å². The molecule has 1 aliphatic carbocycles. The molecule has 0 saturated carbocycles. The van der Waals surface area contributed by atoms with Crippen LogP contribution in [0, 0.1) is 5.92 Å². The molecule has 0 spiro atoms. The van der Waals surface area contributed by atoms with E-state index in [2.05, 4.69) is 6.92 Å². The lowest BCUT2D eigenvalue weighted by Gasteiger charge is -2.31. The van der Waals surface area contributed by atoms with Gasteiger partial charge in [0.1, 0.15) is 11.5 Å². The Bertz CT molecular complexity index is 994. The number of rotatable bonds is 1. The molecule has 1 fully saturated rings. The molecule has 2 N–H and O–H groups in total. The Balaban J connectivity index is 1.79. The predicted octanol–water partition coefficient (Wildman–Crippen LogP) is 2.75. The van der Waals surface area contributed by atoms with Crippen molar-refractivity contribution in [2.24, 2.45) is 5.92 Å². The Morgan fingerprint density at radius 3 is 2.52 bits per heavy atom.